The predicted octanol–water partition coefficient (Wildman–Crippen LogP) is 1.19. The number of aliphatic carboxylic acids is 2. The molecule has 0 unspecified atom stereocenters. The van der Waals surface area contributed by atoms with Crippen molar-refractivity contribution in [2.45, 2.75) is 33.1 Å². The van der Waals surface area contributed by atoms with Crippen molar-refractivity contribution in [1.82, 2.24) is 0 Å². The molecule has 0 spiro atoms. The molecule has 0 heterocycles. The fourth-order valence-electron chi connectivity index (χ4n) is 1.43. The Hall–Kier alpha value is -3.96. The van der Waals surface area contributed by atoms with E-state index in [0.717, 1.165) is 0 Å². The Morgan fingerprint density at radius 2 is 0.970 bits per heavy atom. The van der Waals surface area contributed by atoms with E-state index < -0.39 is 42.2 Å². The van der Waals surface area contributed by atoms with E-state index in [1.807, 2.05) is 0 Å². The zero-order valence-electron chi connectivity index (χ0n) is 18.5. The van der Waals surface area contributed by atoms with Gasteiger partial charge in [0, 0.05) is 16.7 Å². The number of esters is 4. The predicted molar refractivity (Wildman–Crippen MR) is 112 cm³/mol. The molecule has 0 amide bonds. The highest BCUT2D eigenvalue weighted by molar-refractivity contribution is 5.91. The van der Waals surface area contributed by atoms with Crippen LogP contribution in [0.15, 0.2) is 36.5 Å². The van der Waals surface area contributed by atoms with Gasteiger partial charge in [-0.2, -0.15) is 0 Å². The number of rotatable bonds is 14. The van der Waals surface area contributed by atoms with Crippen molar-refractivity contribution >= 4 is 35.8 Å². The maximum Gasteiger partial charge on any atom is 0.333 e. The molecule has 0 aliphatic rings. The molecule has 0 saturated heterocycles. The van der Waals surface area contributed by atoms with Crippen molar-refractivity contribution in [3.05, 3.63) is 36.5 Å². The summed E-state index contributed by atoms with van der Waals surface area (Å²) in [6.07, 6.45) is -0.840. The lowest BCUT2D eigenvalue weighted by Gasteiger charge is -2.07. The van der Waals surface area contributed by atoms with Crippen molar-refractivity contribution in [3.63, 3.8) is 0 Å². The Bertz CT molecular complexity index is 732. The molecule has 0 fully saturated rings. The number of carboxylic acids is 2. The fraction of sp³-hybridized carbons (Fsp3) is 0.429. The molecule has 0 bridgehead atoms. The van der Waals surface area contributed by atoms with Crippen LogP contribution >= 0.6 is 0 Å². The minimum atomic E-state index is -1.27. The van der Waals surface area contributed by atoms with E-state index in [1.54, 1.807) is 0 Å². The summed E-state index contributed by atoms with van der Waals surface area (Å²) < 4.78 is 19.0. The third kappa shape index (κ3) is 19.7. The van der Waals surface area contributed by atoms with Gasteiger partial charge >= 0.3 is 35.8 Å². The summed E-state index contributed by atoms with van der Waals surface area (Å²) in [6, 6.07) is 0. The van der Waals surface area contributed by atoms with Crippen LogP contribution in [0, 0.1) is 0 Å². The van der Waals surface area contributed by atoms with E-state index in [0.29, 0.717) is 0 Å². The minimum absolute atomic E-state index is 0.0873. The number of carbonyl (C=O) groups excluding carboxylic acids is 4. The second kappa shape index (κ2) is 17.7. The molecule has 0 aromatic rings. The van der Waals surface area contributed by atoms with Gasteiger partial charge in [-0.3, -0.25) is 14.4 Å². The molecule has 184 valence electrons. The first kappa shape index (κ1) is 31.2. The van der Waals surface area contributed by atoms with Gasteiger partial charge in [-0.25, -0.2) is 14.4 Å². The lowest BCUT2D eigenvalue weighted by Crippen LogP contribution is -2.17. The molecular formula is C21H28O12. The highest BCUT2D eigenvalue weighted by Crippen LogP contribution is 1.98. The van der Waals surface area contributed by atoms with Crippen LogP contribution in [-0.4, -0.2) is 72.5 Å². The zero-order valence-corrected chi connectivity index (χ0v) is 18.5. The molecule has 12 nitrogen and oxygen atoms in total. The summed E-state index contributed by atoms with van der Waals surface area (Å²) in [6.45, 7) is 12.4. The maximum absolute atomic E-state index is 11.4. The van der Waals surface area contributed by atoms with Crippen molar-refractivity contribution in [3.8, 4) is 0 Å². The van der Waals surface area contributed by atoms with Gasteiger partial charge in [-0.15, -0.1) is 0 Å². The standard InChI is InChI=1S/C16H22O8.C5H6O4/c1-11(2)15(19)23-9-7-21-13(17)5-6-14(18)22-8-10-24-16(20)12(3)4;1-3(5(8)9)2-4(6)7/h1,3,5-10H2,2,4H3;1-2H2,(H,6,7)(H,8,9). The third-order valence-electron chi connectivity index (χ3n) is 3.06. The molecule has 0 aliphatic carbocycles. The second-order valence-corrected chi connectivity index (χ2v) is 6.25. The number of hydrogen-bond acceptors (Lipinski definition) is 10. The zero-order chi connectivity index (χ0) is 26.0. The summed E-state index contributed by atoms with van der Waals surface area (Å²) in [4.78, 5) is 64.5. The van der Waals surface area contributed by atoms with Crippen LogP contribution < -0.4 is 0 Å². The van der Waals surface area contributed by atoms with Gasteiger partial charge in [0.2, 0.25) is 0 Å². The van der Waals surface area contributed by atoms with E-state index >= 15 is 0 Å². The normalized spacial score (nSPS) is 9.27. The largest absolute Gasteiger partial charge is 0.481 e. The molecule has 2 N–H and O–H groups in total. The lowest BCUT2D eigenvalue weighted by molar-refractivity contribution is -0.154. The molecule has 0 aromatic carbocycles. The van der Waals surface area contributed by atoms with Gasteiger partial charge in [0.05, 0.1) is 19.3 Å². The Morgan fingerprint density at radius 1 is 0.636 bits per heavy atom. The first-order chi connectivity index (χ1) is 15.3. The van der Waals surface area contributed by atoms with Crippen molar-refractivity contribution in [1.29, 1.82) is 0 Å². The van der Waals surface area contributed by atoms with Crippen LogP contribution in [-0.2, 0) is 47.7 Å². The molecule has 0 saturated carbocycles. The summed E-state index contributed by atoms with van der Waals surface area (Å²) in [5.41, 5.74) is 0.193. The van der Waals surface area contributed by atoms with Crippen LogP contribution in [0.25, 0.3) is 0 Å². The van der Waals surface area contributed by atoms with Crippen molar-refractivity contribution < 1.29 is 57.9 Å². The number of carbonyl (C=O) groups is 6. The van der Waals surface area contributed by atoms with E-state index in [-0.39, 0.29) is 56.0 Å². The first-order valence-corrected chi connectivity index (χ1v) is 9.37. The smallest absolute Gasteiger partial charge is 0.333 e. The fourth-order valence-corrected chi connectivity index (χ4v) is 1.43. The van der Waals surface area contributed by atoms with Gasteiger partial charge < -0.3 is 29.2 Å². The molecule has 12 heteroatoms. The summed E-state index contributed by atoms with van der Waals surface area (Å²) in [5, 5.41) is 16.1. The van der Waals surface area contributed by atoms with E-state index in [9.17, 15) is 28.8 Å². The number of carboxylic acid groups (broad SMARTS) is 2. The Labute approximate surface area is 190 Å². The minimum Gasteiger partial charge on any atom is -0.481 e. The van der Waals surface area contributed by atoms with Crippen LogP contribution in [0.5, 0.6) is 0 Å². The van der Waals surface area contributed by atoms with Gasteiger partial charge in [-0.1, -0.05) is 19.7 Å². The Morgan fingerprint density at radius 3 is 1.21 bits per heavy atom. The van der Waals surface area contributed by atoms with Crippen LogP contribution in [0.3, 0.4) is 0 Å². The number of hydrogen-bond donors (Lipinski definition) is 2. The Balaban J connectivity index is 0. The van der Waals surface area contributed by atoms with E-state index in [1.165, 1.54) is 13.8 Å². The summed E-state index contributed by atoms with van der Waals surface area (Å²) in [7, 11) is 0. The van der Waals surface area contributed by atoms with Gasteiger partial charge in [-0.05, 0) is 13.8 Å². The highest BCUT2D eigenvalue weighted by atomic mass is 16.6. The highest BCUT2D eigenvalue weighted by Gasteiger charge is 2.11. The molecule has 0 atom stereocenters. The maximum atomic E-state index is 11.4. The molecule has 0 aromatic heterocycles. The second-order valence-electron chi connectivity index (χ2n) is 6.25. The first-order valence-electron chi connectivity index (χ1n) is 9.37. The molecule has 33 heavy (non-hydrogen) atoms. The summed E-state index contributed by atoms with van der Waals surface area (Å²) >= 11 is 0. The monoisotopic (exact) mass is 472 g/mol. The lowest BCUT2D eigenvalue weighted by atomic mass is 10.2. The number of ether oxygens (including phenoxy) is 4. The van der Waals surface area contributed by atoms with Gasteiger partial charge in [0.15, 0.2) is 0 Å². The van der Waals surface area contributed by atoms with E-state index in [2.05, 4.69) is 19.7 Å². The molecular weight excluding hydrogens is 444 g/mol. The van der Waals surface area contributed by atoms with Crippen LogP contribution in [0.1, 0.15) is 33.1 Å². The van der Waals surface area contributed by atoms with Crippen molar-refractivity contribution in [2.24, 2.45) is 0 Å². The molecule has 0 radical (unpaired) electrons. The quantitative estimate of drug-likeness (QED) is 0.160. The van der Waals surface area contributed by atoms with Crippen LogP contribution in [0.4, 0.5) is 0 Å². The molecule has 0 aliphatic heterocycles. The van der Waals surface area contributed by atoms with Gasteiger partial charge in [0.1, 0.15) is 26.4 Å². The van der Waals surface area contributed by atoms with E-state index in [4.69, 9.17) is 29.2 Å². The van der Waals surface area contributed by atoms with Crippen molar-refractivity contribution in [2.75, 3.05) is 26.4 Å². The van der Waals surface area contributed by atoms with Crippen LogP contribution in [0.2, 0.25) is 0 Å². The Kier molecular flexibility index (Phi) is 16.7. The average Bonchev–Trinajstić information content (AvgIpc) is 2.72. The third-order valence-corrected chi connectivity index (χ3v) is 3.06. The average molecular weight is 472 g/mol. The molecule has 0 rings (SSSR count). The topological polar surface area (TPSA) is 180 Å². The van der Waals surface area contributed by atoms with Gasteiger partial charge in [0.25, 0.3) is 0 Å². The summed E-state index contributed by atoms with van der Waals surface area (Å²) in [5.74, 6) is -4.82. The SMILES string of the molecule is C=C(C)C(=O)OCCOC(=O)CCC(=O)OCCOC(=O)C(=C)C.C=C(CC(=O)O)C(=O)O.